The van der Waals surface area contributed by atoms with E-state index in [2.05, 4.69) is 4.90 Å². The molecule has 1 unspecified atom stereocenters. The van der Waals surface area contributed by atoms with Crippen LogP contribution in [0.3, 0.4) is 0 Å². The third kappa shape index (κ3) is 4.07. The largest absolute Gasteiger partial charge is 0.385 e. The number of anilines is 1. The summed E-state index contributed by atoms with van der Waals surface area (Å²) in [4.78, 5) is 44.4. The van der Waals surface area contributed by atoms with Crippen LogP contribution in [0.2, 0.25) is 0 Å². The van der Waals surface area contributed by atoms with Crippen LogP contribution in [0, 0.1) is 5.92 Å². The minimum absolute atomic E-state index is 0.0530. The Hall–Kier alpha value is -2.06. The maximum absolute atomic E-state index is 13.1. The van der Waals surface area contributed by atoms with Crippen molar-refractivity contribution in [2.24, 2.45) is 5.92 Å². The fourth-order valence-corrected chi connectivity index (χ4v) is 5.49. The van der Waals surface area contributed by atoms with Crippen molar-refractivity contribution in [2.45, 2.75) is 19.3 Å². The summed E-state index contributed by atoms with van der Waals surface area (Å²) in [5.74, 6) is 1.72. The summed E-state index contributed by atoms with van der Waals surface area (Å²) < 4.78 is 5.06. The predicted molar refractivity (Wildman–Crippen MR) is 117 cm³/mol. The molecule has 2 saturated heterocycles. The molecule has 0 aromatic heterocycles. The number of hydrogen-bond acceptors (Lipinski definition) is 6. The molecule has 30 heavy (non-hydrogen) atoms. The smallest absolute Gasteiger partial charge is 0.263 e. The van der Waals surface area contributed by atoms with Gasteiger partial charge in [-0.2, -0.15) is 11.8 Å². The summed E-state index contributed by atoms with van der Waals surface area (Å²) in [7, 11) is 1.61. The van der Waals surface area contributed by atoms with E-state index in [1.54, 1.807) is 13.2 Å². The highest BCUT2D eigenvalue weighted by Gasteiger charge is 2.39. The van der Waals surface area contributed by atoms with Gasteiger partial charge in [0.25, 0.3) is 11.8 Å². The van der Waals surface area contributed by atoms with Crippen molar-refractivity contribution in [3.63, 3.8) is 0 Å². The van der Waals surface area contributed by atoms with Crippen molar-refractivity contribution in [1.29, 1.82) is 0 Å². The van der Waals surface area contributed by atoms with E-state index >= 15 is 0 Å². The first-order valence-corrected chi connectivity index (χ1v) is 11.9. The van der Waals surface area contributed by atoms with Crippen molar-refractivity contribution in [3.05, 3.63) is 29.3 Å². The van der Waals surface area contributed by atoms with Crippen LogP contribution >= 0.6 is 11.8 Å². The van der Waals surface area contributed by atoms with E-state index < -0.39 is 0 Å². The van der Waals surface area contributed by atoms with Gasteiger partial charge < -0.3 is 14.5 Å². The molecular weight excluding hydrogens is 402 g/mol. The van der Waals surface area contributed by atoms with Crippen LogP contribution in [0.4, 0.5) is 5.69 Å². The topological polar surface area (TPSA) is 70.2 Å². The van der Waals surface area contributed by atoms with Gasteiger partial charge in [-0.25, -0.2) is 0 Å². The number of thioether (sulfide) groups is 1. The monoisotopic (exact) mass is 431 g/mol. The van der Waals surface area contributed by atoms with Crippen LogP contribution < -0.4 is 4.90 Å². The second kappa shape index (κ2) is 9.39. The number of nitrogens with zero attached hydrogens (tertiary/aromatic N) is 3. The number of piperidine rings is 1. The van der Waals surface area contributed by atoms with E-state index in [0.717, 1.165) is 49.7 Å². The van der Waals surface area contributed by atoms with E-state index in [1.165, 1.54) is 4.90 Å². The highest BCUT2D eigenvalue weighted by atomic mass is 32.2. The van der Waals surface area contributed by atoms with Crippen LogP contribution in [0.15, 0.2) is 18.2 Å². The zero-order chi connectivity index (χ0) is 21.1. The highest BCUT2D eigenvalue weighted by molar-refractivity contribution is 7.99. The fourth-order valence-electron chi connectivity index (χ4n) is 4.59. The van der Waals surface area contributed by atoms with Crippen molar-refractivity contribution < 1.29 is 19.1 Å². The van der Waals surface area contributed by atoms with E-state index in [1.807, 2.05) is 28.8 Å². The van der Waals surface area contributed by atoms with Gasteiger partial charge in [0.15, 0.2) is 0 Å². The molecule has 4 rings (SSSR count). The Morgan fingerprint density at radius 3 is 2.73 bits per heavy atom. The van der Waals surface area contributed by atoms with Gasteiger partial charge in [-0.3, -0.25) is 19.3 Å². The first-order valence-electron chi connectivity index (χ1n) is 10.7. The lowest BCUT2D eigenvalue weighted by Crippen LogP contribution is -2.47. The Bertz CT molecular complexity index is 825. The minimum Gasteiger partial charge on any atom is -0.385 e. The lowest BCUT2D eigenvalue weighted by Gasteiger charge is -2.37. The lowest BCUT2D eigenvalue weighted by atomic mass is 9.94. The molecule has 8 heteroatoms. The van der Waals surface area contributed by atoms with Gasteiger partial charge in [0.1, 0.15) is 0 Å². The Balaban J connectivity index is 1.52. The molecule has 3 amide bonds. The summed E-state index contributed by atoms with van der Waals surface area (Å²) >= 11 is 1.89. The molecule has 0 N–H and O–H groups in total. The molecular formula is C22H29N3O4S. The molecule has 7 nitrogen and oxygen atoms in total. The third-order valence-corrected chi connectivity index (χ3v) is 7.08. The maximum Gasteiger partial charge on any atom is 0.263 e. The zero-order valence-electron chi connectivity index (χ0n) is 17.5. The van der Waals surface area contributed by atoms with Gasteiger partial charge in [0.2, 0.25) is 5.91 Å². The van der Waals surface area contributed by atoms with Gasteiger partial charge in [-0.15, -0.1) is 0 Å². The van der Waals surface area contributed by atoms with Crippen molar-refractivity contribution >= 4 is 35.2 Å². The van der Waals surface area contributed by atoms with E-state index in [-0.39, 0.29) is 23.6 Å². The quantitative estimate of drug-likeness (QED) is 0.508. The predicted octanol–water partition coefficient (Wildman–Crippen LogP) is 2.11. The normalized spacial score (nSPS) is 21.9. The van der Waals surface area contributed by atoms with Crippen molar-refractivity contribution in [2.75, 3.05) is 62.8 Å². The van der Waals surface area contributed by atoms with E-state index in [4.69, 9.17) is 4.74 Å². The van der Waals surface area contributed by atoms with E-state index in [9.17, 15) is 14.4 Å². The average Bonchev–Trinajstić information content (AvgIpc) is 3.04. The summed E-state index contributed by atoms with van der Waals surface area (Å²) in [6.07, 6.45) is 2.40. The molecule has 1 aromatic rings. The molecule has 1 aromatic carbocycles. The number of ether oxygens (including phenoxy) is 1. The highest BCUT2D eigenvalue weighted by Crippen LogP contribution is 2.34. The van der Waals surface area contributed by atoms with Crippen LogP contribution in [-0.2, 0) is 9.53 Å². The van der Waals surface area contributed by atoms with Crippen LogP contribution in [-0.4, -0.2) is 85.5 Å². The van der Waals surface area contributed by atoms with Crippen LogP contribution in [0.25, 0.3) is 0 Å². The summed E-state index contributed by atoms with van der Waals surface area (Å²) in [6, 6.07) is 5.48. The fraction of sp³-hybridized carbons (Fsp3) is 0.591. The molecule has 3 aliphatic heterocycles. The molecule has 0 aliphatic carbocycles. The molecule has 0 bridgehead atoms. The van der Waals surface area contributed by atoms with Crippen molar-refractivity contribution in [3.8, 4) is 0 Å². The van der Waals surface area contributed by atoms with Crippen molar-refractivity contribution in [1.82, 2.24) is 9.80 Å². The number of rotatable bonds is 6. The van der Waals surface area contributed by atoms with Gasteiger partial charge in [-0.05, 0) is 31.4 Å². The van der Waals surface area contributed by atoms with Gasteiger partial charge in [0.05, 0.1) is 22.7 Å². The average molecular weight is 432 g/mol. The molecule has 1 atom stereocenters. The lowest BCUT2D eigenvalue weighted by molar-refractivity contribution is -0.135. The van der Waals surface area contributed by atoms with Gasteiger partial charge >= 0.3 is 0 Å². The molecule has 2 fully saturated rings. The molecule has 0 spiro atoms. The summed E-state index contributed by atoms with van der Waals surface area (Å²) in [5.41, 5.74) is 1.74. The first kappa shape index (κ1) is 21.2. The molecule has 3 heterocycles. The standard InChI is InChI=1S/C22H29N3O4S/c1-29-12-4-9-25-21(27)17-6-2-7-18(19(17)22(25)28)24-8-3-5-16(15-24)20(26)23-10-13-30-14-11-23/h2,6-7,16H,3-5,8-15H2,1H3. The van der Waals surface area contributed by atoms with Gasteiger partial charge in [-0.1, -0.05) is 6.07 Å². The first-order chi connectivity index (χ1) is 14.6. The number of carbonyl (C=O) groups excluding carboxylic acids is 3. The maximum atomic E-state index is 13.1. The Kier molecular flexibility index (Phi) is 6.63. The number of benzene rings is 1. The minimum atomic E-state index is -0.233. The number of fused-ring (bicyclic) bond motifs is 1. The van der Waals surface area contributed by atoms with E-state index in [0.29, 0.717) is 37.2 Å². The molecule has 3 aliphatic rings. The number of hydrogen-bond donors (Lipinski definition) is 0. The molecule has 0 radical (unpaired) electrons. The van der Waals surface area contributed by atoms with Crippen LogP contribution in [0.1, 0.15) is 40.0 Å². The third-order valence-electron chi connectivity index (χ3n) is 6.14. The van der Waals surface area contributed by atoms with Crippen LogP contribution in [0.5, 0.6) is 0 Å². The second-order valence-corrected chi connectivity index (χ2v) is 9.26. The SMILES string of the molecule is COCCCN1C(=O)c2cccc(N3CCCC(C(=O)N4CCSCC4)C3)c2C1=O. The Labute approximate surface area is 181 Å². The number of imide groups is 1. The number of amides is 3. The number of carbonyl (C=O) groups is 3. The second-order valence-electron chi connectivity index (χ2n) is 8.03. The molecule has 0 saturated carbocycles. The van der Waals surface area contributed by atoms with Gasteiger partial charge in [0, 0.05) is 57.9 Å². The Morgan fingerprint density at radius 2 is 1.97 bits per heavy atom. The Morgan fingerprint density at radius 1 is 1.17 bits per heavy atom. The summed E-state index contributed by atoms with van der Waals surface area (Å²) in [5, 5.41) is 0. The number of methoxy groups -OCH3 is 1. The summed E-state index contributed by atoms with van der Waals surface area (Å²) in [6.45, 7) is 3.90. The molecule has 162 valence electrons. The zero-order valence-corrected chi connectivity index (χ0v) is 18.3.